The van der Waals surface area contributed by atoms with Crippen LogP contribution in [0.1, 0.15) is 30.0 Å². The van der Waals surface area contributed by atoms with Crippen LogP contribution in [-0.2, 0) is 17.8 Å². The third-order valence-corrected chi connectivity index (χ3v) is 5.62. The Kier molecular flexibility index (Phi) is 5.26. The minimum Gasteiger partial charge on any atom is -0.364 e. The number of anilines is 1. The average Bonchev–Trinajstić information content (AvgIpc) is 3.20. The molecule has 0 aliphatic heterocycles. The van der Waals surface area contributed by atoms with Gasteiger partial charge in [-0.05, 0) is 30.0 Å². The Morgan fingerprint density at radius 2 is 1.87 bits per heavy atom. The van der Waals surface area contributed by atoms with Crippen molar-refractivity contribution in [2.24, 2.45) is 0 Å². The Morgan fingerprint density at radius 1 is 1.03 bits per heavy atom. The van der Waals surface area contributed by atoms with Gasteiger partial charge in [-0.2, -0.15) is 0 Å². The van der Waals surface area contributed by atoms with Gasteiger partial charge < -0.3 is 15.2 Å². The molecule has 1 fully saturated rings. The summed E-state index contributed by atoms with van der Waals surface area (Å²) < 4.78 is 2.09. The lowest BCUT2D eigenvalue weighted by atomic mass is 9.86. The molecule has 0 bridgehead atoms. The number of hydrogen-bond acceptors (Lipinski definition) is 6. The Hall–Kier alpha value is -3.81. The molecule has 0 radical (unpaired) electrons. The van der Waals surface area contributed by atoms with Crippen molar-refractivity contribution in [1.82, 2.24) is 29.8 Å². The fourth-order valence-corrected chi connectivity index (χ4v) is 3.93. The highest BCUT2D eigenvalue weighted by molar-refractivity contribution is 5.83. The van der Waals surface area contributed by atoms with Crippen LogP contribution < -0.4 is 10.6 Å². The van der Waals surface area contributed by atoms with Gasteiger partial charge in [0.05, 0.1) is 12.7 Å². The molecule has 1 aromatic carbocycles. The summed E-state index contributed by atoms with van der Waals surface area (Å²) in [6.45, 7) is 0.617. The molecule has 31 heavy (non-hydrogen) atoms. The summed E-state index contributed by atoms with van der Waals surface area (Å²) in [6, 6.07) is 14.2. The number of hydrogen-bond donors (Lipinski definition) is 2. The van der Waals surface area contributed by atoms with Crippen LogP contribution in [0.5, 0.6) is 0 Å². The number of pyridine rings is 1. The second-order valence-electron chi connectivity index (χ2n) is 7.81. The highest BCUT2D eigenvalue weighted by atomic mass is 16.1. The van der Waals surface area contributed by atoms with E-state index in [0.29, 0.717) is 18.8 Å². The van der Waals surface area contributed by atoms with Gasteiger partial charge in [0.15, 0.2) is 11.5 Å². The molecule has 3 aromatic heterocycles. The number of amides is 1. The average molecular weight is 413 g/mol. The molecule has 4 aromatic rings. The smallest absolute Gasteiger partial charge is 0.224 e. The van der Waals surface area contributed by atoms with E-state index in [9.17, 15) is 4.79 Å². The number of benzene rings is 1. The lowest BCUT2D eigenvalue weighted by Crippen LogP contribution is -2.45. The van der Waals surface area contributed by atoms with Gasteiger partial charge >= 0.3 is 0 Å². The maximum atomic E-state index is 12.3. The SMILES string of the molecule is O=C(Cc1ccccc1)NC1CC(n2cnc3c(NCc4cccnc4)ncnc32)C1. The Morgan fingerprint density at radius 3 is 2.68 bits per heavy atom. The molecule has 3 heterocycles. The van der Waals surface area contributed by atoms with Gasteiger partial charge in [0.1, 0.15) is 11.8 Å². The largest absolute Gasteiger partial charge is 0.364 e. The molecule has 0 unspecified atom stereocenters. The predicted octanol–water partition coefficient (Wildman–Crippen LogP) is 2.90. The lowest BCUT2D eigenvalue weighted by molar-refractivity contribution is -0.121. The fourth-order valence-electron chi connectivity index (χ4n) is 3.93. The quantitative estimate of drug-likeness (QED) is 0.484. The number of carbonyl (C=O) groups excluding carboxylic acids is 1. The number of imidazole rings is 1. The van der Waals surface area contributed by atoms with Crippen LogP contribution in [0.15, 0.2) is 67.5 Å². The molecule has 1 aliphatic carbocycles. The van der Waals surface area contributed by atoms with Gasteiger partial charge in [-0.3, -0.25) is 9.78 Å². The third kappa shape index (κ3) is 4.23. The van der Waals surface area contributed by atoms with Gasteiger partial charge in [-0.25, -0.2) is 15.0 Å². The second kappa shape index (κ2) is 8.51. The zero-order valence-corrected chi connectivity index (χ0v) is 17.0. The van der Waals surface area contributed by atoms with E-state index < -0.39 is 0 Å². The molecule has 8 nitrogen and oxygen atoms in total. The summed E-state index contributed by atoms with van der Waals surface area (Å²) in [6.07, 6.45) is 9.11. The predicted molar refractivity (Wildman–Crippen MR) is 117 cm³/mol. The lowest BCUT2D eigenvalue weighted by Gasteiger charge is -2.36. The second-order valence-corrected chi connectivity index (χ2v) is 7.81. The monoisotopic (exact) mass is 413 g/mol. The normalized spacial score (nSPS) is 17.8. The number of aromatic nitrogens is 5. The van der Waals surface area contributed by atoms with Gasteiger partial charge in [0.2, 0.25) is 5.91 Å². The van der Waals surface area contributed by atoms with Crippen molar-refractivity contribution in [3.8, 4) is 0 Å². The zero-order chi connectivity index (χ0) is 21.0. The topological polar surface area (TPSA) is 97.6 Å². The van der Waals surface area contributed by atoms with E-state index in [-0.39, 0.29) is 18.0 Å². The first kappa shape index (κ1) is 19.2. The van der Waals surface area contributed by atoms with E-state index in [1.165, 1.54) is 0 Å². The van der Waals surface area contributed by atoms with Crippen molar-refractivity contribution in [3.63, 3.8) is 0 Å². The molecular weight excluding hydrogens is 390 g/mol. The van der Waals surface area contributed by atoms with E-state index in [1.54, 1.807) is 12.5 Å². The maximum absolute atomic E-state index is 12.3. The summed E-state index contributed by atoms with van der Waals surface area (Å²) >= 11 is 0. The summed E-state index contributed by atoms with van der Waals surface area (Å²) in [5.41, 5.74) is 3.66. The molecule has 0 atom stereocenters. The molecule has 1 amide bonds. The highest BCUT2D eigenvalue weighted by Crippen LogP contribution is 2.34. The Bertz CT molecular complexity index is 1170. The number of carbonyl (C=O) groups is 1. The first-order valence-corrected chi connectivity index (χ1v) is 10.4. The van der Waals surface area contributed by atoms with Crippen molar-refractivity contribution in [2.45, 2.75) is 37.9 Å². The van der Waals surface area contributed by atoms with Gasteiger partial charge in [0, 0.05) is 31.0 Å². The van der Waals surface area contributed by atoms with E-state index >= 15 is 0 Å². The van der Waals surface area contributed by atoms with Crippen LogP contribution in [0.25, 0.3) is 11.2 Å². The van der Waals surface area contributed by atoms with E-state index in [1.807, 2.05) is 55.0 Å². The maximum Gasteiger partial charge on any atom is 0.224 e. The minimum absolute atomic E-state index is 0.0642. The summed E-state index contributed by atoms with van der Waals surface area (Å²) in [5.74, 6) is 0.772. The van der Waals surface area contributed by atoms with E-state index in [2.05, 4.69) is 35.1 Å². The van der Waals surface area contributed by atoms with Crippen molar-refractivity contribution < 1.29 is 4.79 Å². The molecule has 1 saturated carbocycles. The van der Waals surface area contributed by atoms with E-state index in [0.717, 1.165) is 35.1 Å². The molecule has 8 heteroatoms. The molecular formula is C23H23N7O. The molecule has 0 spiro atoms. The van der Waals surface area contributed by atoms with Crippen LogP contribution in [0.3, 0.4) is 0 Å². The van der Waals surface area contributed by atoms with Gasteiger partial charge in [-0.15, -0.1) is 0 Å². The minimum atomic E-state index is 0.0642. The van der Waals surface area contributed by atoms with Crippen LogP contribution in [0.2, 0.25) is 0 Å². The number of nitrogens with zero attached hydrogens (tertiary/aromatic N) is 5. The Balaban J connectivity index is 1.20. The third-order valence-electron chi connectivity index (χ3n) is 5.62. The number of nitrogens with one attached hydrogen (secondary N) is 2. The molecule has 0 saturated heterocycles. The first-order valence-electron chi connectivity index (χ1n) is 10.4. The molecule has 2 N–H and O–H groups in total. The highest BCUT2D eigenvalue weighted by Gasteiger charge is 2.33. The van der Waals surface area contributed by atoms with Crippen LogP contribution >= 0.6 is 0 Å². The number of fused-ring (bicyclic) bond motifs is 1. The van der Waals surface area contributed by atoms with Gasteiger partial charge in [-0.1, -0.05) is 36.4 Å². The van der Waals surface area contributed by atoms with Crippen LogP contribution in [0.4, 0.5) is 5.82 Å². The van der Waals surface area contributed by atoms with Crippen molar-refractivity contribution in [1.29, 1.82) is 0 Å². The number of rotatable bonds is 7. The van der Waals surface area contributed by atoms with Crippen LogP contribution in [-0.4, -0.2) is 36.5 Å². The zero-order valence-electron chi connectivity index (χ0n) is 17.0. The van der Waals surface area contributed by atoms with Gasteiger partial charge in [0.25, 0.3) is 0 Å². The summed E-state index contributed by atoms with van der Waals surface area (Å²) in [5, 5.41) is 6.46. The summed E-state index contributed by atoms with van der Waals surface area (Å²) in [4.78, 5) is 29.8. The summed E-state index contributed by atoms with van der Waals surface area (Å²) in [7, 11) is 0. The Labute approximate surface area is 179 Å². The molecule has 156 valence electrons. The van der Waals surface area contributed by atoms with E-state index in [4.69, 9.17) is 0 Å². The molecule has 1 aliphatic rings. The van der Waals surface area contributed by atoms with Crippen molar-refractivity contribution in [3.05, 3.63) is 78.6 Å². The fraction of sp³-hybridized carbons (Fsp3) is 0.261. The molecule has 5 rings (SSSR count). The standard InChI is InChI=1S/C23H23N7O/c31-20(9-16-5-2-1-3-6-16)29-18-10-19(11-18)30-15-28-21-22(26-14-27-23(21)30)25-13-17-7-4-8-24-12-17/h1-8,12,14-15,18-19H,9-11,13H2,(H,29,31)(H,25,26,27). The van der Waals surface area contributed by atoms with Crippen molar-refractivity contribution in [2.75, 3.05) is 5.32 Å². The van der Waals surface area contributed by atoms with Crippen LogP contribution in [0, 0.1) is 0 Å². The first-order chi connectivity index (χ1) is 15.3. The van der Waals surface area contributed by atoms with Crippen molar-refractivity contribution >= 4 is 22.9 Å².